The molecule has 0 aliphatic heterocycles. The number of rotatable bonds is 3. The van der Waals surface area contributed by atoms with Crippen LogP contribution in [0.15, 0.2) is 4.42 Å². The van der Waals surface area contributed by atoms with Crippen molar-refractivity contribution in [3.63, 3.8) is 0 Å². The predicted molar refractivity (Wildman–Crippen MR) is 28.5 cm³/mol. The van der Waals surface area contributed by atoms with E-state index >= 15 is 0 Å². The number of hydrogen-bond donors (Lipinski definition) is 0. The van der Waals surface area contributed by atoms with Crippen molar-refractivity contribution in [1.82, 2.24) is 10.2 Å². The van der Waals surface area contributed by atoms with E-state index in [4.69, 9.17) is 4.74 Å². The van der Waals surface area contributed by atoms with Gasteiger partial charge in [0.2, 0.25) is 5.89 Å². The minimum Gasteiger partial charge on any atom is -0.414 e. The molecule has 1 heterocycles. The van der Waals surface area contributed by atoms with Crippen molar-refractivity contribution in [2.24, 2.45) is 0 Å². The Morgan fingerprint density at radius 3 is 3.22 bits per heavy atom. The van der Waals surface area contributed by atoms with Gasteiger partial charge in [0.25, 0.3) is 0 Å². The Labute approximate surface area is 52.8 Å². The lowest BCUT2D eigenvalue weighted by atomic mass is 10.7. The first-order valence-electron chi connectivity index (χ1n) is 2.69. The zero-order chi connectivity index (χ0) is 6.53. The monoisotopic (exact) mass is 127 g/mol. The van der Waals surface area contributed by atoms with Crippen LogP contribution in [0.25, 0.3) is 0 Å². The first kappa shape index (κ1) is 6.22. The second-order valence-corrected chi connectivity index (χ2v) is 1.42. The molecule has 0 N–H and O–H groups in total. The van der Waals surface area contributed by atoms with E-state index in [0.29, 0.717) is 19.1 Å². The van der Waals surface area contributed by atoms with Crippen LogP contribution in [0.3, 0.4) is 0 Å². The van der Waals surface area contributed by atoms with Crippen LogP contribution >= 0.6 is 0 Å². The Kier molecular flexibility index (Phi) is 2.21. The van der Waals surface area contributed by atoms with Crippen LogP contribution in [-0.4, -0.2) is 16.8 Å². The summed E-state index contributed by atoms with van der Waals surface area (Å²) in [5.74, 6) is 0.469. The highest BCUT2D eigenvalue weighted by Gasteiger charge is 1.95. The van der Waals surface area contributed by atoms with E-state index in [1.807, 2.05) is 6.92 Å². The maximum atomic E-state index is 4.96. The summed E-state index contributed by atoms with van der Waals surface area (Å²) in [6, 6.07) is 0. The Bertz CT molecular complexity index is 150. The van der Waals surface area contributed by atoms with E-state index in [0.717, 1.165) is 0 Å². The molecule has 0 aliphatic carbocycles. The molecule has 1 aromatic heterocycles. The molecular formula is C5H7N2O2. The Morgan fingerprint density at radius 2 is 2.67 bits per heavy atom. The van der Waals surface area contributed by atoms with E-state index in [2.05, 4.69) is 21.0 Å². The quantitative estimate of drug-likeness (QED) is 0.589. The van der Waals surface area contributed by atoms with Crippen molar-refractivity contribution in [3.05, 3.63) is 12.3 Å². The topological polar surface area (TPSA) is 48.2 Å². The molecule has 0 amide bonds. The van der Waals surface area contributed by atoms with Crippen LogP contribution in [0.4, 0.5) is 0 Å². The van der Waals surface area contributed by atoms with Gasteiger partial charge in [0, 0.05) is 6.61 Å². The average molecular weight is 127 g/mol. The first-order valence-corrected chi connectivity index (χ1v) is 2.69. The molecule has 0 bridgehead atoms. The molecule has 0 unspecified atom stereocenters. The maximum absolute atomic E-state index is 4.96. The summed E-state index contributed by atoms with van der Waals surface area (Å²) in [7, 11) is 0. The molecule has 9 heavy (non-hydrogen) atoms. The first-order chi connectivity index (χ1) is 4.43. The fourth-order valence-corrected chi connectivity index (χ4v) is 0.417. The fourth-order valence-electron chi connectivity index (χ4n) is 0.417. The van der Waals surface area contributed by atoms with Crippen molar-refractivity contribution in [2.75, 3.05) is 6.61 Å². The van der Waals surface area contributed by atoms with Gasteiger partial charge in [0.05, 0.1) is 0 Å². The molecule has 0 saturated carbocycles. The van der Waals surface area contributed by atoms with Crippen molar-refractivity contribution in [3.8, 4) is 0 Å². The number of ether oxygens (including phenoxy) is 1. The van der Waals surface area contributed by atoms with Crippen molar-refractivity contribution < 1.29 is 9.15 Å². The van der Waals surface area contributed by atoms with Crippen LogP contribution in [0.1, 0.15) is 12.8 Å². The van der Waals surface area contributed by atoms with E-state index in [-0.39, 0.29) is 0 Å². The van der Waals surface area contributed by atoms with Gasteiger partial charge in [-0.15, -0.1) is 10.2 Å². The van der Waals surface area contributed by atoms with Crippen molar-refractivity contribution in [1.29, 1.82) is 0 Å². The van der Waals surface area contributed by atoms with Gasteiger partial charge < -0.3 is 9.15 Å². The molecule has 0 fully saturated rings. The van der Waals surface area contributed by atoms with Crippen LogP contribution in [0.5, 0.6) is 0 Å². The summed E-state index contributed by atoms with van der Waals surface area (Å²) < 4.78 is 9.62. The zero-order valence-electron chi connectivity index (χ0n) is 5.13. The molecule has 0 saturated heterocycles. The highest BCUT2D eigenvalue weighted by Crippen LogP contribution is 1.92. The largest absolute Gasteiger partial charge is 0.414 e. The highest BCUT2D eigenvalue weighted by molar-refractivity contribution is 4.65. The lowest BCUT2D eigenvalue weighted by Gasteiger charge is -1.91. The molecule has 0 aromatic carbocycles. The van der Waals surface area contributed by atoms with Gasteiger partial charge in [0.15, 0.2) is 0 Å². The van der Waals surface area contributed by atoms with Crippen LogP contribution in [0.2, 0.25) is 0 Å². The van der Waals surface area contributed by atoms with Crippen LogP contribution in [-0.2, 0) is 11.3 Å². The molecular weight excluding hydrogens is 120 g/mol. The smallest absolute Gasteiger partial charge is 0.306 e. The summed E-state index contributed by atoms with van der Waals surface area (Å²) in [4.78, 5) is 0. The lowest BCUT2D eigenvalue weighted by Crippen LogP contribution is -1.91. The van der Waals surface area contributed by atoms with E-state index < -0.39 is 0 Å². The minimum atomic E-state index is 0.382. The maximum Gasteiger partial charge on any atom is 0.306 e. The molecule has 0 spiro atoms. The summed E-state index contributed by atoms with van der Waals surface area (Å²) in [5, 5.41) is 6.91. The summed E-state index contributed by atoms with van der Waals surface area (Å²) >= 11 is 0. The van der Waals surface area contributed by atoms with Gasteiger partial charge in [-0.25, -0.2) is 0 Å². The van der Waals surface area contributed by atoms with Gasteiger partial charge in [-0.3, -0.25) is 0 Å². The molecule has 1 radical (unpaired) electrons. The third-order valence-electron chi connectivity index (χ3n) is 0.795. The van der Waals surface area contributed by atoms with E-state index in [1.165, 1.54) is 0 Å². The normalized spacial score (nSPS) is 9.89. The molecule has 1 rings (SSSR count). The Balaban J connectivity index is 2.30. The molecule has 0 aliphatic rings. The summed E-state index contributed by atoms with van der Waals surface area (Å²) in [5.41, 5.74) is 0. The standard InChI is InChI=1S/C5H7N2O2/c1-2-8-3-5-7-6-4-9-5/h2-3H2,1H3. The van der Waals surface area contributed by atoms with Crippen molar-refractivity contribution in [2.45, 2.75) is 13.5 Å². The molecule has 1 aromatic rings. The summed E-state index contributed by atoms with van der Waals surface area (Å²) in [6.45, 7) is 2.94. The van der Waals surface area contributed by atoms with E-state index in [9.17, 15) is 0 Å². The number of hydrogen-bond acceptors (Lipinski definition) is 4. The number of aromatic nitrogens is 2. The van der Waals surface area contributed by atoms with Gasteiger partial charge in [-0.1, -0.05) is 0 Å². The minimum absolute atomic E-state index is 0.382. The molecule has 4 heteroatoms. The van der Waals surface area contributed by atoms with Crippen LogP contribution in [0, 0.1) is 6.39 Å². The zero-order valence-corrected chi connectivity index (χ0v) is 5.13. The van der Waals surface area contributed by atoms with Crippen molar-refractivity contribution >= 4 is 0 Å². The SMILES string of the molecule is CCOCc1nn[c]o1. The predicted octanol–water partition coefficient (Wildman–Crippen LogP) is 0.406. The third-order valence-corrected chi connectivity index (χ3v) is 0.795. The van der Waals surface area contributed by atoms with Gasteiger partial charge >= 0.3 is 6.39 Å². The molecule has 49 valence electrons. The molecule has 0 atom stereocenters. The fraction of sp³-hybridized carbons (Fsp3) is 0.600. The number of nitrogens with zero attached hydrogens (tertiary/aromatic N) is 2. The van der Waals surface area contributed by atoms with E-state index in [1.54, 1.807) is 0 Å². The second kappa shape index (κ2) is 3.19. The van der Waals surface area contributed by atoms with Gasteiger partial charge in [0.1, 0.15) is 6.61 Å². The molecule has 4 nitrogen and oxygen atoms in total. The Hall–Kier alpha value is -0.900. The van der Waals surface area contributed by atoms with Crippen LogP contribution < -0.4 is 0 Å². The third kappa shape index (κ3) is 1.81. The highest BCUT2D eigenvalue weighted by atomic mass is 16.5. The van der Waals surface area contributed by atoms with Gasteiger partial charge in [-0.2, -0.15) is 0 Å². The van der Waals surface area contributed by atoms with Gasteiger partial charge in [-0.05, 0) is 6.92 Å². The second-order valence-electron chi connectivity index (χ2n) is 1.42. The summed E-state index contributed by atoms with van der Waals surface area (Å²) in [6.07, 6.45) is 2.22. The Morgan fingerprint density at radius 1 is 1.78 bits per heavy atom. The average Bonchev–Trinajstić information content (AvgIpc) is 2.34. The lowest BCUT2D eigenvalue weighted by molar-refractivity contribution is 0.114.